The molecule has 0 bridgehead atoms. The first-order chi connectivity index (χ1) is 10.3. The van der Waals surface area contributed by atoms with Gasteiger partial charge in [0, 0.05) is 10.5 Å². The first kappa shape index (κ1) is 13.0. The third kappa shape index (κ3) is 2.27. The van der Waals surface area contributed by atoms with Gasteiger partial charge in [-0.25, -0.2) is 0 Å². The van der Waals surface area contributed by atoms with E-state index in [4.69, 9.17) is 4.18 Å². The zero-order valence-corrected chi connectivity index (χ0v) is 13.2. The fourth-order valence-corrected chi connectivity index (χ4v) is 6.34. The van der Waals surface area contributed by atoms with Gasteiger partial charge in [-0.1, -0.05) is 60.7 Å². The second kappa shape index (κ2) is 5.24. The molecule has 0 spiro atoms. The Hall–Kier alpha value is -1.71. The van der Waals surface area contributed by atoms with Crippen molar-refractivity contribution in [3.05, 3.63) is 83.6 Å². The zero-order valence-electron chi connectivity index (χ0n) is 11.6. The van der Waals surface area contributed by atoms with Gasteiger partial charge in [-0.15, -0.1) is 0 Å². The van der Waals surface area contributed by atoms with E-state index in [0.29, 0.717) is 0 Å². The van der Waals surface area contributed by atoms with Gasteiger partial charge in [-0.3, -0.25) is 0 Å². The van der Waals surface area contributed by atoms with Gasteiger partial charge in [0.25, 0.3) is 0 Å². The standard InChI is InChI=1S/C18H14OS2/c1-13-18(15-10-6-3-7-11-15)17-12-16(20-21(17)19-13)14-8-4-2-5-9-14/h2-12H,1H3. The maximum absolute atomic E-state index is 6.09. The molecule has 104 valence electrons. The fraction of sp³-hybridized carbons (Fsp3) is 0.0556. The summed E-state index contributed by atoms with van der Waals surface area (Å²) in [6.45, 7) is 2.07. The molecule has 1 nitrogen and oxygen atoms in total. The SMILES string of the molecule is CC1=C(c2ccccc2)C2=S(O1)SC(c1ccccc1)=C2. The minimum atomic E-state index is -0.192. The lowest BCUT2D eigenvalue weighted by atomic mass is 10.0. The molecular formula is C18H14OS2. The van der Waals surface area contributed by atoms with Crippen LogP contribution >= 0.6 is 20.6 Å². The lowest BCUT2D eigenvalue weighted by Gasteiger charge is -2.07. The molecule has 0 amide bonds. The van der Waals surface area contributed by atoms with E-state index in [-0.39, 0.29) is 9.80 Å². The van der Waals surface area contributed by atoms with E-state index in [1.165, 1.54) is 26.5 Å². The Bertz CT molecular complexity index is 786. The molecule has 0 aliphatic carbocycles. The van der Waals surface area contributed by atoms with E-state index >= 15 is 0 Å². The highest BCUT2D eigenvalue weighted by Gasteiger charge is 2.29. The highest BCUT2D eigenvalue weighted by molar-refractivity contribution is 8.86. The molecule has 1 unspecified atom stereocenters. The van der Waals surface area contributed by atoms with Crippen LogP contribution in [0.3, 0.4) is 0 Å². The first-order valence-corrected chi connectivity index (χ1v) is 9.33. The van der Waals surface area contributed by atoms with Gasteiger partial charge in [0.1, 0.15) is 5.76 Å². The van der Waals surface area contributed by atoms with Crippen LogP contribution < -0.4 is 0 Å². The normalized spacial score (nSPS) is 20.3. The van der Waals surface area contributed by atoms with Gasteiger partial charge >= 0.3 is 0 Å². The van der Waals surface area contributed by atoms with Gasteiger partial charge in [0.2, 0.25) is 0 Å². The zero-order chi connectivity index (χ0) is 14.2. The highest BCUT2D eigenvalue weighted by Crippen LogP contribution is 2.56. The van der Waals surface area contributed by atoms with Crippen LogP contribution in [-0.2, 0) is 4.18 Å². The van der Waals surface area contributed by atoms with Crippen LogP contribution in [0, 0.1) is 0 Å². The van der Waals surface area contributed by atoms with E-state index in [1.807, 2.05) is 16.9 Å². The number of allylic oxidation sites excluding steroid dienone is 3. The van der Waals surface area contributed by atoms with Gasteiger partial charge in [0.05, 0.1) is 14.7 Å². The summed E-state index contributed by atoms with van der Waals surface area (Å²) in [6, 6.07) is 21.0. The summed E-state index contributed by atoms with van der Waals surface area (Å²) in [7, 11) is 1.63. The molecular weight excluding hydrogens is 296 g/mol. The van der Waals surface area contributed by atoms with Crippen molar-refractivity contribution in [1.29, 1.82) is 0 Å². The third-order valence-corrected chi connectivity index (χ3v) is 7.03. The van der Waals surface area contributed by atoms with Crippen LogP contribution in [0.25, 0.3) is 10.5 Å². The Balaban J connectivity index is 1.75. The van der Waals surface area contributed by atoms with Crippen molar-refractivity contribution in [2.45, 2.75) is 6.92 Å². The second-order valence-electron chi connectivity index (χ2n) is 4.94. The van der Waals surface area contributed by atoms with E-state index in [9.17, 15) is 0 Å². The maximum atomic E-state index is 6.09. The molecule has 4 rings (SSSR count). The summed E-state index contributed by atoms with van der Waals surface area (Å²) in [6.07, 6.45) is 2.29. The number of rotatable bonds is 2. The van der Waals surface area contributed by atoms with Crippen LogP contribution in [0.1, 0.15) is 18.1 Å². The number of benzene rings is 2. The van der Waals surface area contributed by atoms with Gasteiger partial charge in [0.15, 0.2) is 0 Å². The summed E-state index contributed by atoms with van der Waals surface area (Å²) in [5, 5.41) is 0. The molecule has 3 heteroatoms. The molecule has 0 aromatic heterocycles. The summed E-state index contributed by atoms with van der Waals surface area (Å²) < 4.78 is 6.09. The van der Waals surface area contributed by atoms with Crippen molar-refractivity contribution in [1.82, 2.24) is 0 Å². The Morgan fingerprint density at radius 2 is 1.48 bits per heavy atom. The lowest BCUT2D eigenvalue weighted by Crippen LogP contribution is -1.95. The molecule has 0 saturated heterocycles. The predicted molar refractivity (Wildman–Crippen MR) is 94.7 cm³/mol. The monoisotopic (exact) mass is 310 g/mol. The Labute approximate surface area is 130 Å². The molecule has 0 saturated carbocycles. The topological polar surface area (TPSA) is 9.23 Å². The fourth-order valence-electron chi connectivity index (χ4n) is 2.55. The molecule has 1 atom stereocenters. The number of hydrogen-bond acceptors (Lipinski definition) is 2. The third-order valence-electron chi connectivity index (χ3n) is 3.53. The van der Waals surface area contributed by atoms with E-state index in [2.05, 4.69) is 67.6 Å². The number of hydrogen-bond donors (Lipinski definition) is 0. The van der Waals surface area contributed by atoms with Crippen molar-refractivity contribution in [3.8, 4) is 0 Å². The van der Waals surface area contributed by atoms with Crippen LogP contribution in [0.15, 0.2) is 72.5 Å². The molecule has 0 N–H and O–H groups in total. The molecule has 0 fully saturated rings. The van der Waals surface area contributed by atoms with E-state index in [0.717, 1.165) is 5.76 Å². The molecule has 2 aromatic rings. The van der Waals surface area contributed by atoms with E-state index < -0.39 is 0 Å². The molecule has 2 aliphatic heterocycles. The maximum Gasteiger partial charge on any atom is 0.120 e. The minimum absolute atomic E-state index is 0.192. The highest BCUT2D eigenvalue weighted by atomic mass is 33.1. The molecule has 0 radical (unpaired) electrons. The molecule has 2 aliphatic rings. The van der Waals surface area contributed by atoms with Gasteiger partial charge < -0.3 is 4.18 Å². The molecule has 2 heterocycles. The molecule has 2 aromatic carbocycles. The Kier molecular flexibility index (Phi) is 3.24. The quantitative estimate of drug-likeness (QED) is 0.534. The summed E-state index contributed by atoms with van der Waals surface area (Å²) in [5.74, 6) is 1.04. The average Bonchev–Trinajstić information content (AvgIpc) is 3.05. The van der Waals surface area contributed by atoms with Crippen LogP contribution in [-0.4, -0.2) is 4.86 Å². The Morgan fingerprint density at radius 3 is 2.14 bits per heavy atom. The average molecular weight is 310 g/mol. The largest absolute Gasteiger partial charge is 0.427 e. The van der Waals surface area contributed by atoms with Crippen LogP contribution in [0.4, 0.5) is 0 Å². The smallest absolute Gasteiger partial charge is 0.120 e. The summed E-state index contributed by atoms with van der Waals surface area (Å²) in [5.41, 5.74) is 3.77. The van der Waals surface area contributed by atoms with Gasteiger partial charge in [-0.2, -0.15) is 0 Å². The van der Waals surface area contributed by atoms with Gasteiger partial charge in [-0.05, 0) is 34.9 Å². The van der Waals surface area contributed by atoms with Crippen molar-refractivity contribution < 1.29 is 4.18 Å². The second-order valence-corrected chi connectivity index (χ2v) is 8.03. The first-order valence-electron chi connectivity index (χ1n) is 6.84. The van der Waals surface area contributed by atoms with Crippen molar-refractivity contribution >= 4 is 35.9 Å². The Morgan fingerprint density at radius 1 is 0.857 bits per heavy atom. The summed E-state index contributed by atoms with van der Waals surface area (Å²) >= 11 is 0. The summed E-state index contributed by atoms with van der Waals surface area (Å²) in [4.78, 5) is 2.62. The lowest BCUT2D eigenvalue weighted by molar-refractivity contribution is 0.515. The predicted octanol–water partition coefficient (Wildman–Crippen LogP) is 5.51. The van der Waals surface area contributed by atoms with Crippen molar-refractivity contribution in [2.24, 2.45) is 0 Å². The van der Waals surface area contributed by atoms with Crippen LogP contribution in [0.5, 0.6) is 0 Å². The van der Waals surface area contributed by atoms with E-state index in [1.54, 1.807) is 0 Å². The minimum Gasteiger partial charge on any atom is -0.427 e. The van der Waals surface area contributed by atoms with Crippen molar-refractivity contribution in [3.63, 3.8) is 0 Å². The van der Waals surface area contributed by atoms with Crippen LogP contribution in [0.2, 0.25) is 0 Å². The molecule has 21 heavy (non-hydrogen) atoms. The van der Waals surface area contributed by atoms with Crippen molar-refractivity contribution in [2.75, 3.05) is 0 Å².